The largest absolute Gasteiger partial charge is 0.490 e. The summed E-state index contributed by atoms with van der Waals surface area (Å²) in [5.74, 6) is 3.79. The fourth-order valence-corrected chi connectivity index (χ4v) is 2.84. The summed E-state index contributed by atoms with van der Waals surface area (Å²) in [6, 6.07) is 21.6. The first-order chi connectivity index (χ1) is 13.3. The fourth-order valence-electron chi connectivity index (χ4n) is 2.84. The summed E-state index contributed by atoms with van der Waals surface area (Å²) in [6.45, 7) is 2.40. The SMILES string of the molecule is CC(COc1ccc(Oc2ccc(C3CC3)cc2)cc1)Oc1ccccn1. The zero-order chi connectivity index (χ0) is 18.5. The number of pyridine rings is 1. The molecule has 1 heterocycles. The van der Waals surface area contributed by atoms with Crippen LogP contribution in [0.15, 0.2) is 72.9 Å². The first-order valence-electron chi connectivity index (χ1n) is 9.34. The third kappa shape index (κ3) is 5.00. The molecule has 1 aliphatic carbocycles. The molecular weight excluding hydrogens is 338 g/mol. The summed E-state index contributed by atoms with van der Waals surface area (Å²) < 4.78 is 17.4. The first-order valence-corrected chi connectivity index (χ1v) is 9.34. The minimum absolute atomic E-state index is 0.0965. The Morgan fingerprint density at radius 1 is 0.889 bits per heavy atom. The van der Waals surface area contributed by atoms with Crippen LogP contribution in [0.4, 0.5) is 0 Å². The molecule has 4 rings (SSSR count). The third-order valence-corrected chi connectivity index (χ3v) is 4.43. The van der Waals surface area contributed by atoms with Crippen LogP contribution in [-0.4, -0.2) is 17.7 Å². The van der Waals surface area contributed by atoms with Gasteiger partial charge in [0.1, 0.15) is 30.0 Å². The lowest BCUT2D eigenvalue weighted by Gasteiger charge is -2.15. The van der Waals surface area contributed by atoms with Crippen molar-refractivity contribution in [1.29, 1.82) is 0 Å². The molecule has 3 aromatic rings. The van der Waals surface area contributed by atoms with E-state index in [4.69, 9.17) is 14.2 Å². The van der Waals surface area contributed by atoms with Gasteiger partial charge in [-0.25, -0.2) is 4.98 Å². The van der Waals surface area contributed by atoms with Gasteiger partial charge in [0.25, 0.3) is 0 Å². The van der Waals surface area contributed by atoms with Crippen LogP contribution in [0.2, 0.25) is 0 Å². The van der Waals surface area contributed by atoms with Crippen molar-refractivity contribution in [1.82, 2.24) is 4.98 Å². The molecule has 1 unspecified atom stereocenters. The molecule has 0 saturated heterocycles. The molecule has 0 bridgehead atoms. The predicted octanol–water partition coefficient (Wildman–Crippen LogP) is 5.60. The van der Waals surface area contributed by atoms with E-state index >= 15 is 0 Å². The minimum atomic E-state index is -0.0965. The van der Waals surface area contributed by atoms with E-state index in [1.807, 2.05) is 61.5 Å². The molecule has 0 spiro atoms. The predicted molar refractivity (Wildman–Crippen MR) is 105 cm³/mol. The molecule has 1 aliphatic rings. The Balaban J connectivity index is 1.26. The van der Waals surface area contributed by atoms with Gasteiger partial charge in [0.2, 0.25) is 5.88 Å². The van der Waals surface area contributed by atoms with Crippen LogP contribution in [0, 0.1) is 0 Å². The zero-order valence-electron chi connectivity index (χ0n) is 15.4. The van der Waals surface area contributed by atoms with Gasteiger partial charge in [0, 0.05) is 12.3 Å². The summed E-state index contributed by atoms with van der Waals surface area (Å²) in [5.41, 5.74) is 1.41. The lowest BCUT2D eigenvalue weighted by Crippen LogP contribution is -2.21. The van der Waals surface area contributed by atoms with Crippen LogP contribution >= 0.6 is 0 Å². The highest BCUT2D eigenvalue weighted by Gasteiger charge is 2.23. The van der Waals surface area contributed by atoms with Crippen molar-refractivity contribution in [2.45, 2.75) is 31.8 Å². The summed E-state index contributed by atoms with van der Waals surface area (Å²) in [4.78, 5) is 4.15. The van der Waals surface area contributed by atoms with Crippen molar-refractivity contribution in [3.63, 3.8) is 0 Å². The second kappa shape index (κ2) is 8.12. The quantitative estimate of drug-likeness (QED) is 0.524. The van der Waals surface area contributed by atoms with Gasteiger partial charge in [-0.2, -0.15) is 0 Å². The number of nitrogens with zero attached hydrogens (tertiary/aromatic N) is 1. The van der Waals surface area contributed by atoms with E-state index in [0.717, 1.165) is 23.2 Å². The molecule has 1 aromatic heterocycles. The van der Waals surface area contributed by atoms with E-state index in [1.54, 1.807) is 6.20 Å². The number of aromatic nitrogens is 1. The Labute approximate surface area is 159 Å². The summed E-state index contributed by atoms with van der Waals surface area (Å²) in [5, 5.41) is 0. The average molecular weight is 361 g/mol. The molecule has 1 saturated carbocycles. The maximum absolute atomic E-state index is 5.90. The monoisotopic (exact) mass is 361 g/mol. The molecule has 1 fully saturated rings. The molecule has 4 heteroatoms. The van der Waals surface area contributed by atoms with E-state index in [-0.39, 0.29) is 6.10 Å². The Morgan fingerprint density at radius 2 is 1.56 bits per heavy atom. The van der Waals surface area contributed by atoms with Crippen LogP contribution in [0.5, 0.6) is 23.1 Å². The maximum atomic E-state index is 5.90. The van der Waals surface area contributed by atoms with Crippen molar-refractivity contribution in [2.75, 3.05) is 6.61 Å². The van der Waals surface area contributed by atoms with Gasteiger partial charge in [-0.3, -0.25) is 0 Å². The Kier molecular flexibility index (Phi) is 5.24. The van der Waals surface area contributed by atoms with Crippen LogP contribution in [0.25, 0.3) is 0 Å². The summed E-state index contributed by atoms with van der Waals surface area (Å²) in [7, 11) is 0. The second-order valence-corrected chi connectivity index (χ2v) is 6.82. The van der Waals surface area contributed by atoms with Crippen molar-refractivity contribution in [3.05, 3.63) is 78.5 Å². The molecule has 0 radical (unpaired) electrons. The van der Waals surface area contributed by atoms with Gasteiger partial charge in [0.15, 0.2) is 0 Å². The molecule has 0 N–H and O–H groups in total. The molecule has 1 atom stereocenters. The van der Waals surface area contributed by atoms with Crippen LogP contribution in [-0.2, 0) is 0 Å². The molecule has 138 valence electrons. The average Bonchev–Trinajstić information content (AvgIpc) is 3.54. The van der Waals surface area contributed by atoms with Gasteiger partial charge < -0.3 is 14.2 Å². The van der Waals surface area contributed by atoms with E-state index < -0.39 is 0 Å². The Morgan fingerprint density at radius 3 is 2.19 bits per heavy atom. The maximum Gasteiger partial charge on any atom is 0.213 e. The van der Waals surface area contributed by atoms with E-state index in [2.05, 4.69) is 17.1 Å². The second-order valence-electron chi connectivity index (χ2n) is 6.82. The van der Waals surface area contributed by atoms with Gasteiger partial charge in [-0.15, -0.1) is 0 Å². The molecule has 4 nitrogen and oxygen atoms in total. The Bertz CT molecular complexity index is 843. The number of benzene rings is 2. The third-order valence-electron chi connectivity index (χ3n) is 4.43. The highest BCUT2D eigenvalue weighted by atomic mass is 16.5. The fraction of sp³-hybridized carbons (Fsp3) is 0.261. The number of hydrogen-bond acceptors (Lipinski definition) is 4. The molecular formula is C23H23NO3. The highest BCUT2D eigenvalue weighted by Crippen LogP contribution is 2.40. The van der Waals surface area contributed by atoms with Gasteiger partial charge in [-0.1, -0.05) is 18.2 Å². The van der Waals surface area contributed by atoms with Crippen molar-refractivity contribution >= 4 is 0 Å². The zero-order valence-corrected chi connectivity index (χ0v) is 15.4. The molecule has 0 aliphatic heterocycles. The van der Waals surface area contributed by atoms with Gasteiger partial charge in [-0.05, 0) is 73.7 Å². The standard InChI is InChI=1S/C23H23NO3/c1-17(26-23-4-2-3-15-24-23)16-25-20-11-13-22(14-12-20)27-21-9-7-19(8-10-21)18-5-6-18/h2-4,7-15,17-18H,5-6,16H2,1H3. The van der Waals surface area contributed by atoms with Crippen LogP contribution < -0.4 is 14.2 Å². The molecule has 2 aromatic carbocycles. The topological polar surface area (TPSA) is 40.6 Å². The highest BCUT2D eigenvalue weighted by molar-refractivity contribution is 5.37. The van der Waals surface area contributed by atoms with Crippen LogP contribution in [0.1, 0.15) is 31.2 Å². The number of hydrogen-bond donors (Lipinski definition) is 0. The van der Waals surface area contributed by atoms with Crippen molar-refractivity contribution < 1.29 is 14.2 Å². The Hall–Kier alpha value is -3.01. The van der Waals surface area contributed by atoms with Crippen molar-refractivity contribution in [2.24, 2.45) is 0 Å². The van der Waals surface area contributed by atoms with E-state index in [1.165, 1.54) is 18.4 Å². The lowest BCUT2D eigenvalue weighted by atomic mass is 10.1. The van der Waals surface area contributed by atoms with Gasteiger partial charge >= 0.3 is 0 Å². The smallest absolute Gasteiger partial charge is 0.213 e. The van der Waals surface area contributed by atoms with Gasteiger partial charge in [0.05, 0.1) is 0 Å². The summed E-state index contributed by atoms with van der Waals surface area (Å²) >= 11 is 0. The minimum Gasteiger partial charge on any atom is -0.490 e. The van der Waals surface area contributed by atoms with E-state index in [0.29, 0.717) is 12.5 Å². The first kappa shape index (κ1) is 17.4. The van der Waals surface area contributed by atoms with Crippen LogP contribution in [0.3, 0.4) is 0 Å². The number of ether oxygens (including phenoxy) is 3. The van der Waals surface area contributed by atoms with Crippen molar-refractivity contribution in [3.8, 4) is 23.1 Å². The summed E-state index contributed by atoms with van der Waals surface area (Å²) in [6.07, 6.45) is 4.24. The molecule has 0 amide bonds. The lowest BCUT2D eigenvalue weighted by molar-refractivity contribution is 0.138. The van der Waals surface area contributed by atoms with E-state index in [9.17, 15) is 0 Å². The number of rotatable bonds is 8. The normalized spacial score (nSPS) is 14.4. The molecule has 27 heavy (non-hydrogen) atoms.